The zero-order chi connectivity index (χ0) is 12.3. The largest absolute Gasteiger partial charge is 0.379 e. The molecule has 17 heavy (non-hydrogen) atoms. The van der Waals surface area contributed by atoms with Crippen LogP contribution in [0.25, 0.3) is 0 Å². The lowest BCUT2D eigenvalue weighted by molar-refractivity contribution is 0.0530. The van der Waals surface area contributed by atoms with Crippen LogP contribution < -0.4 is 5.32 Å². The van der Waals surface area contributed by atoms with E-state index < -0.39 is 0 Å². The summed E-state index contributed by atoms with van der Waals surface area (Å²) in [6.45, 7) is 2.20. The summed E-state index contributed by atoms with van der Waals surface area (Å²) in [6.07, 6.45) is 4.02. The SMILES string of the molecule is CCc1cccc(C(NC)C(OC)C2CC2)c1. The van der Waals surface area contributed by atoms with Crippen LogP contribution >= 0.6 is 0 Å². The zero-order valence-electron chi connectivity index (χ0n) is 11.1. The number of benzene rings is 1. The molecule has 0 amide bonds. The van der Waals surface area contributed by atoms with Gasteiger partial charge in [-0.3, -0.25) is 0 Å². The lowest BCUT2D eigenvalue weighted by atomic mass is 9.96. The van der Waals surface area contributed by atoms with Gasteiger partial charge in [0, 0.05) is 7.11 Å². The number of rotatable bonds is 6. The van der Waals surface area contributed by atoms with Crippen LogP contribution in [0.1, 0.15) is 36.9 Å². The van der Waals surface area contributed by atoms with Crippen LogP contribution in [0.3, 0.4) is 0 Å². The molecule has 1 aliphatic rings. The Bertz CT molecular complexity index is 360. The minimum absolute atomic E-state index is 0.312. The maximum absolute atomic E-state index is 5.69. The third-order valence-electron chi connectivity index (χ3n) is 3.72. The van der Waals surface area contributed by atoms with Gasteiger partial charge in [0.2, 0.25) is 0 Å². The summed E-state index contributed by atoms with van der Waals surface area (Å²) in [7, 11) is 3.86. The van der Waals surface area contributed by atoms with Crippen molar-refractivity contribution in [1.29, 1.82) is 0 Å². The number of hydrogen-bond donors (Lipinski definition) is 1. The summed E-state index contributed by atoms with van der Waals surface area (Å²) in [6, 6.07) is 9.16. The second kappa shape index (κ2) is 5.65. The molecular formula is C15H23NO. The molecule has 2 atom stereocenters. The van der Waals surface area contributed by atoms with Crippen LogP contribution in [-0.4, -0.2) is 20.3 Å². The molecule has 0 spiro atoms. The Kier molecular flexibility index (Phi) is 4.19. The normalized spacial score (nSPS) is 19.0. The van der Waals surface area contributed by atoms with Gasteiger partial charge in [-0.05, 0) is 43.4 Å². The fraction of sp³-hybridized carbons (Fsp3) is 0.600. The summed E-state index contributed by atoms with van der Waals surface area (Å²) in [4.78, 5) is 0. The predicted octanol–water partition coefficient (Wildman–Crippen LogP) is 2.93. The molecule has 2 rings (SSSR count). The molecule has 94 valence electrons. The van der Waals surface area contributed by atoms with Crippen LogP contribution in [0.4, 0.5) is 0 Å². The number of methoxy groups -OCH3 is 1. The molecule has 2 nitrogen and oxygen atoms in total. The first-order valence-corrected chi connectivity index (χ1v) is 6.59. The van der Waals surface area contributed by atoms with Crippen molar-refractivity contribution in [3.63, 3.8) is 0 Å². The van der Waals surface area contributed by atoms with Gasteiger partial charge in [-0.1, -0.05) is 31.2 Å². The van der Waals surface area contributed by atoms with Crippen molar-refractivity contribution in [3.8, 4) is 0 Å². The molecule has 1 aromatic rings. The zero-order valence-corrected chi connectivity index (χ0v) is 11.1. The smallest absolute Gasteiger partial charge is 0.0793 e. The topological polar surface area (TPSA) is 21.3 Å². The van der Waals surface area contributed by atoms with Crippen LogP contribution in [-0.2, 0) is 11.2 Å². The van der Waals surface area contributed by atoms with Gasteiger partial charge in [0.05, 0.1) is 12.1 Å². The van der Waals surface area contributed by atoms with Gasteiger partial charge in [0.15, 0.2) is 0 Å². The Morgan fingerprint density at radius 3 is 2.71 bits per heavy atom. The third-order valence-corrected chi connectivity index (χ3v) is 3.72. The molecule has 1 saturated carbocycles. The van der Waals surface area contributed by atoms with Gasteiger partial charge in [0.1, 0.15) is 0 Å². The predicted molar refractivity (Wildman–Crippen MR) is 71.1 cm³/mol. The second-order valence-corrected chi connectivity index (χ2v) is 4.90. The highest BCUT2D eigenvalue weighted by Crippen LogP contribution is 2.39. The minimum atomic E-state index is 0.312. The van der Waals surface area contributed by atoms with E-state index in [-0.39, 0.29) is 0 Å². The average molecular weight is 233 g/mol. The summed E-state index contributed by atoms with van der Waals surface area (Å²) in [5.74, 6) is 0.739. The summed E-state index contributed by atoms with van der Waals surface area (Å²) < 4.78 is 5.69. The summed E-state index contributed by atoms with van der Waals surface area (Å²) >= 11 is 0. The molecule has 1 aliphatic carbocycles. The maximum Gasteiger partial charge on any atom is 0.0793 e. The third kappa shape index (κ3) is 2.88. The van der Waals surface area contributed by atoms with E-state index in [1.807, 2.05) is 14.2 Å². The Balaban J connectivity index is 2.20. The van der Waals surface area contributed by atoms with Gasteiger partial charge in [-0.2, -0.15) is 0 Å². The lowest BCUT2D eigenvalue weighted by Crippen LogP contribution is -2.32. The second-order valence-electron chi connectivity index (χ2n) is 4.90. The van der Waals surface area contributed by atoms with E-state index in [4.69, 9.17) is 4.74 Å². The molecule has 0 heterocycles. The van der Waals surface area contributed by atoms with E-state index in [0.29, 0.717) is 12.1 Å². The number of ether oxygens (including phenoxy) is 1. The van der Waals surface area contributed by atoms with Gasteiger partial charge in [0.25, 0.3) is 0 Å². The quantitative estimate of drug-likeness (QED) is 0.815. The number of nitrogens with one attached hydrogen (secondary N) is 1. The Morgan fingerprint density at radius 1 is 1.41 bits per heavy atom. The molecule has 1 fully saturated rings. The first-order valence-electron chi connectivity index (χ1n) is 6.59. The van der Waals surface area contributed by atoms with Gasteiger partial charge in [-0.15, -0.1) is 0 Å². The minimum Gasteiger partial charge on any atom is -0.379 e. The van der Waals surface area contributed by atoms with Crippen molar-refractivity contribution in [2.75, 3.05) is 14.2 Å². The van der Waals surface area contributed by atoms with Gasteiger partial charge >= 0.3 is 0 Å². The molecule has 0 radical (unpaired) electrons. The van der Waals surface area contributed by atoms with Crippen molar-refractivity contribution in [2.45, 2.75) is 38.3 Å². The van der Waals surface area contributed by atoms with E-state index in [0.717, 1.165) is 12.3 Å². The van der Waals surface area contributed by atoms with E-state index in [1.54, 1.807) is 0 Å². The molecular weight excluding hydrogens is 210 g/mol. The molecule has 0 bridgehead atoms. The van der Waals surface area contributed by atoms with E-state index in [9.17, 15) is 0 Å². The first kappa shape index (κ1) is 12.6. The van der Waals surface area contributed by atoms with Gasteiger partial charge in [-0.25, -0.2) is 0 Å². The Hall–Kier alpha value is -0.860. The molecule has 0 aliphatic heterocycles. The summed E-state index contributed by atoms with van der Waals surface area (Å²) in [5, 5.41) is 3.42. The molecule has 2 heteroatoms. The van der Waals surface area contributed by atoms with E-state index in [2.05, 4.69) is 36.5 Å². The Labute approximate surface area is 104 Å². The summed E-state index contributed by atoms with van der Waals surface area (Å²) in [5.41, 5.74) is 2.75. The highest BCUT2D eigenvalue weighted by atomic mass is 16.5. The molecule has 0 saturated heterocycles. The van der Waals surface area contributed by atoms with Crippen molar-refractivity contribution >= 4 is 0 Å². The molecule has 1 N–H and O–H groups in total. The highest BCUT2D eigenvalue weighted by molar-refractivity contribution is 5.27. The average Bonchev–Trinajstić information content (AvgIpc) is 3.20. The van der Waals surface area contributed by atoms with Crippen LogP contribution in [0, 0.1) is 5.92 Å². The molecule has 0 aromatic heterocycles. The van der Waals surface area contributed by atoms with Gasteiger partial charge < -0.3 is 10.1 Å². The number of likely N-dealkylation sites (N-methyl/N-ethyl adjacent to an activating group) is 1. The maximum atomic E-state index is 5.69. The van der Waals surface area contributed by atoms with Crippen molar-refractivity contribution in [3.05, 3.63) is 35.4 Å². The van der Waals surface area contributed by atoms with E-state index in [1.165, 1.54) is 24.0 Å². The lowest BCUT2D eigenvalue weighted by Gasteiger charge is -2.26. The molecule has 1 aromatic carbocycles. The fourth-order valence-corrected chi connectivity index (χ4v) is 2.55. The molecule has 2 unspecified atom stereocenters. The highest BCUT2D eigenvalue weighted by Gasteiger charge is 2.36. The standard InChI is InChI=1S/C15H23NO/c1-4-11-6-5-7-13(10-11)14(16-2)15(17-3)12-8-9-12/h5-7,10,12,14-16H,4,8-9H2,1-3H3. The van der Waals surface area contributed by atoms with Crippen LogP contribution in [0.2, 0.25) is 0 Å². The van der Waals surface area contributed by atoms with Crippen LogP contribution in [0.5, 0.6) is 0 Å². The van der Waals surface area contributed by atoms with Crippen molar-refractivity contribution in [2.24, 2.45) is 5.92 Å². The van der Waals surface area contributed by atoms with E-state index >= 15 is 0 Å². The number of hydrogen-bond acceptors (Lipinski definition) is 2. The fourth-order valence-electron chi connectivity index (χ4n) is 2.55. The van der Waals surface area contributed by atoms with Crippen molar-refractivity contribution in [1.82, 2.24) is 5.32 Å². The Morgan fingerprint density at radius 2 is 2.18 bits per heavy atom. The van der Waals surface area contributed by atoms with Crippen LogP contribution in [0.15, 0.2) is 24.3 Å². The monoisotopic (exact) mass is 233 g/mol. The van der Waals surface area contributed by atoms with Crippen molar-refractivity contribution < 1.29 is 4.74 Å². The number of aryl methyl sites for hydroxylation is 1. The first-order chi connectivity index (χ1) is 8.30.